The normalized spacial score (nSPS) is 13.6. The van der Waals surface area contributed by atoms with Crippen molar-refractivity contribution in [2.24, 2.45) is 0 Å². The van der Waals surface area contributed by atoms with Crippen LogP contribution in [0.15, 0.2) is 42.0 Å². The van der Waals surface area contributed by atoms with Crippen LogP contribution in [-0.4, -0.2) is 24.1 Å². The van der Waals surface area contributed by atoms with E-state index in [9.17, 15) is 4.79 Å². The molecule has 0 aromatic heterocycles. The van der Waals surface area contributed by atoms with E-state index >= 15 is 0 Å². The first-order chi connectivity index (χ1) is 8.29. The maximum Gasteiger partial charge on any atom is 0.410 e. The number of benzene rings is 1. The minimum absolute atomic E-state index is 0.285. The van der Waals surface area contributed by atoms with Gasteiger partial charge in [0.2, 0.25) is 0 Å². The van der Waals surface area contributed by atoms with Crippen LogP contribution in [0.3, 0.4) is 0 Å². The van der Waals surface area contributed by atoms with Crippen LogP contribution in [-0.2, 0) is 11.3 Å². The Morgan fingerprint density at radius 2 is 2.12 bits per heavy atom. The van der Waals surface area contributed by atoms with E-state index in [4.69, 9.17) is 10.00 Å². The van der Waals surface area contributed by atoms with Crippen LogP contribution < -0.4 is 0 Å². The highest BCUT2D eigenvalue weighted by Crippen LogP contribution is 2.15. The molecule has 0 spiro atoms. The Bertz CT molecular complexity index is 466. The predicted molar refractivity (Wildman–Crippen MR) is 61.9 cm³/mol. The van der Waals surface area contributed by atoms with E-state index in [-0.39, 0.29) is 12.7 Å². The van der Waals surface area contributed by atoms with Gasteiger partial charge in [0.1, 0.15) is 6.61 Å². The van der Waals surface area contributed by atoms with Gasteiger partial charge < -0.3 is 9.64 Å². The number of hydrogen-bond donors (Lipinski definition) is 0. The zero-order valence-electron chi connectivity index (χ0n) is 9.30. The first-order valence-electron chi connectivity index (χ1n) is 5.33. The van der Waals surface area contributed by atoms with Crippen LogP contribution in [0.25, 0.3) is 0 Å². The van der Waals surface area contributed by atoms with Crippen LogP contribution in [0.4, 0.5) is 4.79 Å². The smallest absolute Gasteiger partial charge is 0.410 e. The number of hydrogen-bond acceptors (Lipinski definition) is 3. The summed E-state index contributed by atoms with van der Waals surface area (Å²) in [5, 5.41) is 8.42. The van der Waals surface area contributed by atoms with E-state index in [2.05, 4.69) is 0 Å². The Labute approximate surface area is 99.7 Å². The molecule has 4 heteroatoms. The Morgan fingerprint density at radius 1 is 1.41 bits per heavy atom. The minimum Gasteiger partial charge on any atom is -0.445 e. The Morgan fingerprint density at radius 3 is 2.76 bits per heavy atom. The molecule has 4 nitrogen and oxygen atoms in total. The Hall–Kier alpha value is -2.28. The van der Waals surface area contributed by atoms with Gasteiger partial charge in [0.05, 0.1) is 6.07 Å². The third-order valence-electron chi connectivity index (χ3n) is 2.52. The van der Waals surface area contributed by atoms with E-state index in [0.717, 1.165) is 11.1 Å². The molecule has 2 rings (SSSR count). The van der Waals surface area contributed by atoms with Crippen molar-refractivity contribution in [3.63, 3.8) is 0 Å². The average Bonchev–Trinajstić information content (AvgIpc) is 2.31. The molecule has 1 aromatic carbocycles. The van der Waals surface area contributed by atoms with E-state index in [1.54, 1.807) is 4.90 Å². The number of carbonyl (C=O) groups is 1. The molecular formula is C13H12N2O2. The van der Waals surface area contributed by atoms with Gasteiger partial charge in [-0.2, -0.15) is 5.26 Å². The fourth-order valence-electron chi connectivity index (χ4n) is 1.57. The van der Waals surface area contributed by atoms with Crippen molar-refractivity contribution in [2.45, 2.75) is 6.61 Å². The van der Waals surface area contributed by atoms with Crippen LogP contribution in [0.5, 0.6) is 0 Å². The first-order valence-corrected chi connectivity index (χ1v) is 5.33. The monoisotopic (exact) mass is 228 g/mol. The molecule has 0 saturated carbocycles. The van der Waals surface area contributed by atoms with Crippen LogP contribution in [0.2, 0.25) is 0 Å². The number of ether oxygens (including phenoxy) is 1. The van der Waals surface area contributed by atoms with Crippen LogP contribution >= 0.6 is 0 Å². The minimum atomic E-state index is -0.330. The second-order valence-corrected chi connectivity index (χ2v) is 3.83. The Balaban J connectivity index is 1.77. The lowest BCUT2D eigenvalue weighted by atomic mass is 10.1. The topological polar surface area (TPSA) is 53.3 Å². The SMILES string of the molecule is N#CC=C1CN(C(=O)OCc2ccccc2)C1. The summed E-state index contributed by atoms with van der Waals surface area (Å²) in [5.74, 6) is 0. The number of nitriles is 1. The number of rotatable bonds is 2. The van der Waals surface area contributed by atoms with Gasteiger partial charge in [0, 0.05) is 19.2 Å². The van der Waals surface area contributed by atoms with Gasteiger partial charge in [-0.15, -0.1) is 0 Å². The van der Waals surface area contributed by atoms with Gasteiger partial charge in [-0.3, -0.25) is 0 Å². The number of allylic oxidation sites excluding steroid dienone is 1. The quantitative estimate of drug-likeness (QED) is 0.728. The molecule has 1 aliphatic rings. The van der Waals surface area contributed by atoms with Crippen molar-refractivity contribution < 1.29 is 9.53 Å². The van der Waals surface area contributed by atoms with Crippen molar-refractivity contribution in [1.29, 1.82) is 5.26 Å². The van der Waals surface area contributed by atoms with E-state index in [0.29, 0.717) is 13.1 Å². The van der Waals surface area contributed by atoms with E-state index in [1.807, 2.05) is 36.4 Å². The average molecular weight is 228 g/mol. The van der Waals surface area contributed by atoms with Gasteiger partial charge in [-0.25, -0.2) is 4.79 Å². The highest BCUT2D eigenvalue weighted by Gasteiger charge is 2.26. The number of likely N-dealkylation sites (tertiary alicyclic amines) is 1. The van der Waals surface area contributed by atoms with Crippen molar-refractivity contribution in [1.82, 2.24) is 4.90 Å². The predicted octanol–water partition coefficient (Wildman–Crippen LogP) is 2.09. The highest BCUT2D eigenvalue weighted by molar-refractivity contribution is 5.70. The van der Waals surface area contributed by atoms with Gasteiger partial charge in [0.25, 0.3) is 0 Å². The third kappa shape index (κ3) is 2.85. The van der Waals surface area contributed by atoms with Gasteiger partial charge in [0.15, 0.2) is 0 Å². The lowest BCUT2D eigenvalue weighted by Gasteiger charge is -2.32. The molecule has 86 valence electrons. The van der Waals surface area contributed by atoms with Crippen molar-refractivity contribution in [3.05, 3.63) is 47.5 Å². The molecule has 1 aliphatic heterocycles. The molecule has 0 aliphatic carbocycles. The fraction of sp³-hybridized carbons (Fsp3) is 0.231. The maximum absolute atomic E-state index is 11.5. The molecule has 0 bridgehead atoms. The van der Waals surface area contributed by atoms with E-state index < -0.39 is 0 Å². The first kappa shape index (κ1) is 11.2. The van der Waals surface area contributed by atoms with E-state index in [1.165, 1.54) is 6.08 Å². The third-order valence-corrected chi connectivity index (χ3v) is 2.52. The summed E-state index contributed by atoms with van der Waals surface area (Å²) >= 11 is 0. The summed E-state index contributed by atoms with van der Waals surface area (Å²) < 4.78 is 5.14. The van der Waals surface area contributed by atoms with Crippen molar-refractivity contribution >= 4 is 6.09 Å². The second-order valence-electron chi connectivity index (χ2n) is 3.83. The standard InChI is InChI=1S/C13H12N2O2/c14-7-6-12-8-15(9-12)13(16)17-10-11-4-2-1-3-5-11/h1-6H,8-10H2. The Kier molecular flexibility index (Phi) is 3.41. The second kappa shape index (κ2) is 5.17. The fourth-order valence-corrected chi connectivity index (χ4v) is 1.57. The van der Waals surface area contributed by atoms with Crippen LogP contribution in [0, 0.1) is 11.3 Å². The largest absolute Gasteiger partial charge is 0.445 e. The molecule has 1 fully saturated rings. The van der Waals surface area contributed by atoms with Crippen LogP contribution in [0.1, 0.15) is 5.56 Å². The lowest BCUT2D eigenvalue weighted by molar-refractivity contribution is 0.0904. The summed E-state index contributed by atoms with van der Waals surface area (Å²) in [5.41, 5.74) is 1.93. The summed E-state index contributed by atoms with van der Waals surface area (Å²) in [6.45, 7) is 1.29. The molecular weight excluding hydrogens is 216 g/mol. The summed E-state index contributed by atoms with van der Waals surface area (Å²) in [6, 6.07) is 11.5. The zero-order valence-corrected chi connectivity index (χ0v) is 9.30. The molecule has 1 aromatic rings. The molecule has 1 heterocycles. The van der Waals surface area contributed by atoms with Crippen molar-refractivity contribution in [3.8, 4) is 6.07 Å². The molecule has 0 radical (unpaired) electrons. The van der Waals surface area contributed by atoms with Gasteiger partial charge in [-0.05, 0) is 11.1 Å². The number of carbonyl (C=O) groups excluding carboxylic acids is 1. The molecule has 0 N–H and O–H groups in total. The lowest BCUT2D eigenvalue weighted by Crippen LogP contribution is -2.44. The molecule has 1 amide bonds. The highest BCUT2D eigenvalue weighted by atomic mass is 16.6. The van der Waals surface area contributed by atoms with Gasteiger partial charge >= 0.3 is 6.09 Å². The zero-order chi connectivity index (χ0) is 12.1. The molecule has 0 atom stereocenters. The molecule has 0 unspecified atom stereocenters. The summed E-state index contributed by atoms with van der Waals surface area (Å²) in [6.07, 6.45) is 1.14. The van der Waals surface area contributed by atoms with Gasteiger partial charge in [-0.1, -0.05) is 30.3 Å². The van der Waals surface area contributed by atoms with Crippen molar-refractivity contribution in [2.75, 3.05) is 13.1 Å². The molecule has 1 saturated heterocycles. The summed E-state index contributed by atoms with van der Waals surface area (Å²) in [4.78, 5) is 13.1. The maximum atomic E-state index is 11.5. The number of nitrogens with zero attached hydrogens (tertiary/aromatic N) is 2. The summed E-state index contributed by atoms with van der Waals surface area (Å²) in [7, 11) is 0. The molecule has 17 heavy (non-hydrogen) atoms. The number of amides is 1.